The first-order valence-corrected chi connectivity index (χ1v) is 10.3. The fourth-order valence-corrected chi connectivity index (χ4v) is 3.54. The number of ether oxygens (including phenoxy) is 2. The van der Waals surface area contributed by atoms with Crippen LogP contribution in [-0.2, 0) is 16.1 Å². The molecule has 0 spiro atoms. The molecule has 0 unspecified atom stereocenters. The zero-order chi connectivity index (χ0) is 21.3. The molecule has 0 saturated carbocycles. The van der Waals surface area contributed by atoms with Crippen LogP contribution in [0.15, 0.2) is 53.9 Å². The second kappa shape index (κ2) is 10.5. The van der Waals surface area contributed by atoms with E-state index in [1.54, 1.807) is 17.5 Å². The van der Waals surface area contributed by atoms with Gasteiger partial charge in [-0.3, -0.25) is 9.59 Å². The molecule has 156 valence electrons. The van der Waals surface area contributed by atoms with Gasteiger partial charge in [-0.25, -0.2) is 4.98 Å². The minimum absolute atomic E-state index is 0.0124. The fraction of sp³-hybridized carbons (Fsp3) is 0.227. The van der Waals surface area contributed by atoms with Crippen LogP contribution in [0.25, 0.3) is 10.6 Å². The molecule has 7 nitrogen and oxygen atoms in total. The Hall–Kier alpha value is -3.23. The summed E-state index contributed by atoms with van der Waals surface area (Å²) in [6.45, 7) is 2.86. The number of benzene rings is 2. The maximum Gasteiger partial charge on any atom is 0.271 e. The first kappa shape index (κ1) is 21.5. The second-order valence-corrected chi connectivity index (χ2v) is 7.22. The van der Waals surface area contributed by atoms with Gasteiger partial charge in [0.1, 0.15) is 23.1 Å². The lowest BCUT2D eigenvalue weighted by molar-refractivity contribution is -0.119. The van der Waals surface area contributed by atoms with Crippen molar-refractivity contribution >= 4 is 28.8 Å². The van der Waals surface area contributed by atoms with Crippen LogP contribution in [0, 0.1) is 0 Å². The van der Waals surface area contributed by atoms with Crippen LogP contribution in [0.1, 0.15) is 23.0 Å². The summed E-state index contributed by atoms with van der Waals surface area (Å²) in [6, 6.07) is 14.9. The van der Waals surface area contributed by atoms with Gasteiger partial charge in [0.05, 0.1) is 6.61 Å². The molecule has 3 rings (SSSR count). The van der Waals surface area contributed by atoms with Crippen LogP contribution in [0.3, 0.4) is 0 Å². The number of carbonyl (C=O) groups excluding carboxylic acids is 2. The molecule has 2 amide bonds. The molecule has 0 radical (unpaired) electrons. The van der Waals surface area contributed by atoms with Gasteiger partial charge in [0.15, 0.2) is 0 Å². The van der Waals surface area contributed by atoms with E-state index < -0.39 is 0 Å². The monoisotopic (exact) mass is 425 g/mol. The maximum absolute atomic E-state index is 12.5. The van der Waals surface area contributed by atoms with E-state index in [4.69, 9.17) is 9.47 Å². The molecule has 0 bridgehead atoms. The average molecular weight is 426 g/mol. The highest BCUT2D eigenvalue weighted by molar-refractivity contribution is 7.13. The number of carbonyl (C=O) groups is 2. The van der Waals surface area contributed by atoms with E-state index in [9.17, 15) is 9.59 Å². The molecule has 1 heterocycles. The molecule has 0 atom stereocenters. The summed E-state index contributed by atoms with van der Waals surface area (Å²) in [4.78, 5) is 28.5. The molecule has 1 aromatic heterocycles. The number of amides is 2. The van der Waals surface area contributed by atoms with Gasteiger partial charge in [-0.15, -0.1) is 11.3 Å². The summed E-state index contributed by atoms with van der Waals surface area (Å²) in [7, 11) is 1.46. The highest BCUT2D eigenvalue weighted by Gasteiger charge is 2.12. The van der Waals surface area contributed by atoms with Crippen molar-refractivity contribution in [2.75, 3.05) is 25.6 Å². The van der Waals surface area contributed by atoms with E-state index >= 15 is 0 Å². The topological polar surface area (TPSA) is 89.5 Å². The van der Waals surface area contributed by atoms with Gasteiger partial charge in [-0.1, -0.05) is 12.1 Å². The SMILES string of the molecule is CCOc1ccc(-c2nc(C(=O)NCc3cccc(NC(=O)COC)c3)cs2)cc1. The molecule has 0 saturated heterocycles. The van der Waals surface area contributed by atoms with Crippen LogP contribution in [0.2, 0.25) is 0 Å². The van der Waals surface area contributed by atoms with Crippen LogP contribution in [0.4, 0.5) is 5.69 Å². The molecule has 2 aromatic carbocycles. The molecule has 2 N–H and O–H groups in total. The average Bonchev–Trinajstić information content (AvgIpc) is 3.24. The number of thiazole rings is 1. The summed E-state index contributed by atoms with van der Waals surface area (Å²) in [5.41, 5.74) is 2.81. The Balaban J connectivity index is 1.59. The molecule has 0 aliphatic carbocycles. The van der Waals surface area contributed by atoms with Crippen molar-refractivity contribution in [3.63, 3.8) is 0 Å². The highest BCUT2D eigenvalue weighted by Crippen LogP contribution is 2.25. The lowest BCUT2D eigenvalue weighted by Crippen LogP contribution is -2.23. The lowest BCUT2D eigenvalue weighted by atomic mass is 10.2. The minimum atomic E-state index is -0.253. The van der Waals surface area contributed by atoms with Gasteiger partial charge in [0, 0.05) is 30.3 Å². The Morgan fingerprint density at radius 1 is 1.13 bits per heavy atom. The third-order valence-corrected chi connectivity index (χ3v) is 4.98. The normalized spacial score (nSPS) is 10.5. The third-order valence-electron chi connectivity index (χ3n) is 4.09. The number of methoxy groups -OCH3 is 1. The number of nitrogens with one attached hydrogen (secondary N) is 2. The maximum atomic E-state index is 12.5. The Morgan fingerprint density at radius 3 is 2.67 bits per heavy atom. The summed E-state index contributed by atoms with van der Waals surface area (Å²) in [5.74, 6) is 0.316. The van der Waals surface area contributed by atoms with Gasteiger partial charge in [-0.05, 0) is 48.9 Å². The van der Waals surface area contributed by atoms with E-state index in [1.165, 1.54) is 18.4 Å². The van der Waals surface area contributed by atoms with Crippen LogP contribution < -0.4 is 15.4 Å². The molecule has 30 heavy (non-hydrogen) atoms. The summed E-state index contributed by atoms with van der Waals surface area (Å²) in [5, 5.41) is 8.11. The van der Waals surface area contributed by atoms with E-state index in [-0.39, 0.29) is 18.4 Å². The van der Waals surface area contributed by atoms with Crippen molar-refractivity contribution in [1.82, 2.24) is 10.3 Å². The number of rotatable bonds is 9. The number of anilines is 1. The predicted octanol–water partition coefficient (Wildman–Crippen LogP) is 3.72. The quantitative estimate of drug-likeness (QED) is 0.545. The van der Waals surface area contributed by atoms with Gasteiger partial charge >= 0.3 is 0 Å². The number of hydrogen-bond donors (Lipinski definition) is 2. The standard InChI is InChI=1S/C22H23N3O4S/c1-3-29-18-9-7-16(8-10-18)22-25-19(14-30-22)21(27)23-12-15-5-4-6-17(11-15)24-20(26)13-28-2/h4-11,14H,3,12-13H2,1-2H3,(H,23,27)(H,24,26). The van der Waals surface area contributed by atoms with Crippen LogP contribution >= 0.6 is 11.3 Å². The van der Waals surface area contributed by atoms with Crippen molar-refractivity contribution in [2.45, 2.75) is 13.5 Å². The third kappa shape index (κ3) is 5.88. The fourth-order valence-electron chi connectivity index (χ4n) is 2.73. The van der Waals surface area contributed by atoms with E-state index in [2.05, 4.69) is 15.6 Å². The molecular formula is C22H23N3O4S. The lowest BCUT2D eigenvalue weighted by Gasteiger charge is -2.08. The van der Waals surface area contributed by atoms with Crippen molar-refractivity contribution < 1.29 is 19.1 Å². The number of aromatic nitrogens is 1. The predicted molar refractivity (Wildman–Crippen MR) is 117 cm³/mol. The summed E-state index contributed by atoms with van der Waals surface area (Å²) < 4.78 is 10.2. The smallest absolute Gasteiger partial charge is 0.271 e. The van der Waals surface area contributed by atoms with Crippen LogP contribution in [-0.4, -0.2) is 37.1 Å². The van der Waals surface area contributed by atoms with Gasteiger partial charge in [0.2, 0.25) is 5.91 Å². The van der Waals surface area contributed by atoms with Gasteiger partial charge in [-0.2, -0.15) is 0 Å². The van der Waals surface area contributed by atoms with E-state index in [0.717, 1.165) is 21.9 Å². The van der Waals surface area contributed by atoms with Crippen molar-refractivity contribution in [1.29, 1.82) is 0 Å². The Labute approximate surface area is 179 Å². The van der Waals surface area contributed by atoms with Crippen LogP contribution in [0.5, 0.6) is 5.75 Å². The second-order valence-electron chi connectivity index (χ2n) is 6.36. The molecule has 3 aromatic rings. The zero-order valence-corrected chi connectivity index (χ0v) is 17.6. The first-order valence-electron chi connectivity index (χ1n) is 9.43. The Morgan fingerprint density at radius 2 is 1.93 bits per heavy atom. The van der Waals surface area contributed by atoms with Gasteiger partial charge in [0.25, 0.3) is 5.91 Å². The molecule has 0 aliphatic rings. The van der Waals surface area contributed by atoms with E-state index in [1.807, 2.05) is 43.3 Å². The largest absolute Gasteiger partial charge is 0.494 e. The van der Waals surface area contributed by atoms with E-state index in [0.29, 0.717) is 24.5 Å². The number of nitrogens with zero attached hydrogens (tertiary/aromatic N) is 1. The Bertz CT molecular complexity index is 1000. The van der Waals surface area contributed by atoms with Crippen molar-refractivity contribution in [3.8, 4) is 16.3 Å². The molecule has 0 aliphatic heterocycles. The molecule has 8 heteroatoms. The first-order chi connectivity index (χ1) is 14.6. The van der Waals surface area contributed by atoms with Crippen molar-refractivity contribution in [2.24, 2.45) is 0 Å². The minimum Gasteiger partial charge on any atom is -0.494 e. The Kier molecular flexibility index (Phi) is 7.53. The molecular weight excluding hydrogens is 402 g/mol. The van der Waals surface area contributed by atoms with Crippen molar-refractivity contribution in [3.05, 3.63) is 65.2 Å². The molecule has 0 fully saturated rings. The number of hydrogen-bond acceptors (Lipinski definition) is 6. The zero-order valence-electron chi connectivity index (χ0n) is 16.8. The summed E-state index contributed by atoms with van der Waals surface area (Å²) >= 11 is 1.41. The highest BCUT2D eigenvalue weighted by atomic mass is 32.1. The van der Waals surface area contributed by atoms with Gasteiger partial charge < -0.3 is 20.1 Å². The summed E-state index contributed by atoms with van der Waals surface area (Å²) in [6.07, 6.45) is 0.